The largest absolute Gasteiger partial charge is 0.481 e. The summed E-state index contributed by atoms with van der Waals surface area (Å²) in [5.74, 6) is -2.06. The molecule has 1 saturated carbocycles. The van der Waals surface area contributed by atoms with Gasteiger partial charge in [-0.3, -0.25) is 9.59 Å². The molecule has 1 aliphatic carbocycles. The van der Waals surface area contributed by atoms with E-state index < -0.39 is 17.8 Å². The van der Waals surface area contributed by atoms with E-state index in [1.54, 1.807) is 0 Å². The van der Waals surface area contributed by atoms with Gasteiger partial charge in [-0.1, -0.05) is 41.7 Å². The molecule has 2 atom stereocenters. The molecule has 0 spiro atoms. The lowest BCUT2D eigenvalue weighted by Crippen LogP contribution is -2.25. The SMILES string of the molecule is O=C(O)[C@H]1C[C@@H]1C(=O)NCc1nnc(-c2ccccc2)s1. The number of amides is 1. The third-order valence-corrected chi connectivity index (χ3v) is 4.32. The molecule has 0 bridgehead atoms. The number of aromatic nitrogens is 2. The van der Waals surface area contributed by atoms with Gasteiger partial charge < -0.3 is 10.4 Å². The summed E-state index contributed by atoms with van der Waals surface area (Å²) in [6, 6.07) is 9.68. The van der Waals surface area contributed by atoms with Gasteiger partial charge in [0, 0.05) is 5.56 Å². The van der Waals surface area contributed by atoms with E-state index in [9.17, 15) is 9.59 Å². The zero-order valence-corrected chi connectivity index (χ0v) is 11.8. The number of hydrogen-bond donors (Lipinski definition) is 2. The lowest BCUT2D eigenvalue weighted by Gasteiger charge is -2.00. The van der Waals surface area contributed by atoms with E-state index >= 15 is 0 Å². The van der Waals surface area contributed by atoms with Crippen LogP contribution >= 0.6 is 11.3 Å². The summed E-state index contributed by atoms with van der Waals surface area (Å²) in [5, 5.41) is 21.1. The van der Waals surface area contributed by atoms with E-state index in [0.29, 0.717) is 11.4 Å². The Bertz CT molecular complexity index is 671. The molecule has 1 amide bonds. The normalized spacial score (nSPS) is 20.0. The zero-order valence-electron chi connectivity index (χ0n) is 11.0. The number of carbonyl (C=O) groups excluding carboxylic acids is 1. The second kappa shape index (κ2) is 5.61. The van der Waals surface area contributed by atoms with Gasteiger partial charge in [0.05, 0.1) is 18.4 Å². The van der Waals surface area contributed by atoms with Crippen LogP contribution < -0.4 is 5.32 Å². The molecule has 0 radical (unpaired) electrons. The molecule has 7 heteroatoms. The quantitative estimate of drug-likeness (QED) is 0.874. The van der Waals surface area contributed by atoms with Gasteiger partial charge in [-0.05, 0) is 6.42 Å². The smallest absolute Gasteiger partial charge is 0.307 e. The van der Waals surface area contributed by atoms with E-state index in [4.69, 9.17) is 5.11 Å². The van der Waals surface area contributed by atoms with Gasteiger partial charge in [0.15, 0.2) is 0 Å². The first-order valence-corrected chi connectivity index (χ1v) is 7.35. The highest BCUT2D eigenvalue weighted by atomic mass is 32.1. The van der Waals surface area contributed by atoms with Gasteiger partial charge in [-0.2, -0.15) is 0 Å². The van der Waals surface area contributed by atoms with Crippen molar-refractivity contribution in [1.82, 2.24) is 15.5 Å². The predicted molar refractivity (Wildman–Crippen MR) is 76.4 cm³/mol. The maximum atomic E-state index is 11.8. The molecule has 2 aromatic rings. The van der Waals surface area contributed by atoms with Crippen LogP contribution in [-0.2, 0) is 16.1 Å². The Labute approximate surface area is 124 Å². The average molecular weight is 303 g/mol. The fourth-order valence-corrected chi connectivity index (χ4v) is 2.86. The molecule has 0 aliphatic heterocycles. The average Bonchev–Trinajstić information content (AvgIpc) is 3.17. The highest BCUT2D eigenvalue weighted by Gasteiger charge is 2.48. The number of nitrogens with one attached hydrogen (secondary N) is 1. The van der Waals surface area contributed by atoms with Crippen molar-refractivity contribution in [3.63, 3.8) is 0 Å². The fourth-order valence-electron chi connectivity index (χ4n) is 2.07. The Balaban J connectivity index is 1.56. The van der Waals surface area contributed by atoms with Crippen LogP contribution in [0.25, 0.3) is 10.6 Å². The first kappa shape index (κ1) is 13.7. The second-order valence-electron chi connectivity index (χ2n) is 4.87. The monoisotopic (exact) mass is 303 g/mol. The highest BCUT2D eigenvalue weighted by Crippen LogP contribution is 2.38. The van der Waals surface area contributed by atoms with E-state index in [2.05, 4.69) is 15.5 Å². The molecule has 0 unspecified atom stereocenters. The lowest BCUT2D eigenvalue weighted by molar-refractivity contribution is -0.140. The maximum absolute atomic E-state index is 11.8. The van der Waals surface area contributed by atoms with Crippen LogP contribution in [0.2, 0.25) is 0 Å². The van der Waals surface area contributed by atoms with Gasteiger partial charge in [0.2, 0.25) is 5.91 Å². The van der Waals surface area contributed by atoms with Crippen molar-refractivity contribution >= 4 is 23.2 Å². The summed E-state index contributed by atoms with van der Waals surface area (Å²) in [7, 11) is 0. The summed E-state index contributed by atoms with van der Waals surface area (Å²) in [6.07, 6.45) is 0.423. The first-order valence-electron chi connectivity index (χ1n) is 6.53. The number of carboxylic acid groups (broad SMARTS) is 1. The molecule has 0 saturated heterocycles. The van der Waals surface area contributed by atoms with Crippen molar-refractivity contribution in [2.24, 2.45) is 11.8 Å². The molecule has 1 aliphatic rings. The molecule has 3 rings (SSSR count). The van der Waals surface area contributed by atoms with Gasteiger partial charge in [0.25, 0.3) is 0 Å². The van der Waals surface area contributed by atoms with Crippen LogP contribution in [0.1, 0.15) is 11.4 Å². The summed E-state index contributed by atoms with van der Waals surface area (Å²) < 4.78 is 0. The van der Waals surface area contributed by atoms with E-state index in [0.717, 1.165) is 10.6 Å². The standard InChI is InChI=1S/C14H13N3O3S/c18-12(9-6-10(9)14(19)20)15-7-11-16-17-13(21-11)8-4-2-1-3-5-8/h1-5,9-10H,6-7H2,(H,15,18)(H,19,20)/t9-,10-/m0/s1. The number of carboxylic acids is 1. The molecular weight excluding hydrogens is 290 g/mol. The molecule has 1 fully saturated rings. The van der Waals surface area contributed by atoms with Gasteiger partial charge in [0.1, 0.15) is 10.0 Å². The Morgan fingerprint density at radius 1 is 1.24 bits per heavy atom. The highest BCUT2D eigenvalue weighted by molar-refractivity contribution is 7.14. The Hall–Kier alpha value is -2.28. The van der Waals surface area contributed by atoms with Crippen molar-refractivity contribution in [2.45, 2.75) is 13.0 Å². The lowest BCUT2D eigenvalue weighted by atomic mass is 10.2. The Morgan fingerprint density at radius 2 is 2.00 bits per heavy atom. The fraction of sp³-hybridized carbons (Fsp3) is 0.286. The van der Waals surface area contributed by atoms with E-state index in [1.165, 1.54) is 11.3 Å². The Kier molecular flexibility index (Phi) is 3.66. The molecule has 21 heavy (non-hydrogen) atoms. The minimum atomic E-state index is -0.905. The van der Waals surface area contributed by atoms with Crippen LogP contribution in [0.4, 0.5) is 0 Å². The van der Waals surface area contributed by atoms with E-state index in [1.807, 2.05) is 30.3 Å². The van der Waals surface area contributed by atoms with Crippen LogP contribution in [-0.4, -0.2) is 27.2 Å². The van der Waals surface area contributed by atoms with Crippen LogP contribution in [0.3, 0.4) is 0 Å². The maximum Gasteiger partial charge on any atom is 0.307 e. The van der Waals surface area contributed by atoms with Gasteiger partial charge in [-0.25, -0.2) is 0 Å². The zero-order chi connectivity index (χ0) is 14.8. The molecule has 1 aromatic heterocycles. The first-order chi connectivity index (χ1) is 10.1. The van der Waals surface area contributed by atoms with Crippen molar-refractivity contribution in [1.29, 1.82) is 0 Å². The number of hydrogen-bond acceptors (Lipinski definition) is 5. The Morgan fingerprint density at radius 3 is 2.67 bits per heavy atom. The van der Waals surface area contributed by atoms with Gasteiger partial charge >= 0.3 is 5.97 Å². The van der Waals surface area contributed by atoms with Crippen LogP contribution in [0, 0.1) is 11.8 Å². The molecule has 6 nitrogen and oxygen atoms in total. The van der Waals surface area contributed by atoms with Crippen LogP contribution in [0.5, 0.6) is 0 Å². The second-order valence-corrected chi connectivity index (χ2v) is 5.93. The number of carbonyl (C=O) groups is 2. The number of rotatable bonds is 5. The summed E-state index contributed by atoms with van der Waals surface area (Å²) >= 11 is 1.41. The molecule has 2 N–H and O–H groups in total. The third-order valence-electron chi connectivity index (χ3n) is 3.35. The molecule has 1 aromatic carbocycles. The minimum absolute atomic E-state index is 0.223. The van der Waals surface area contributed by atoms with Crippen molar-refractivity contribution in [3.05, 3.63) is 35.3 Å². The molecule has 1 heterocycles. The van der Waals surface area contributed by atoms with Crippen LogP contribution in [0.15, 0.2) is 30.3 Å². The number of aliphatic carboxylic acids is 1. The van der Waals surface area contributed by atoms with Crippen molar-refractivity contribution in [2.75, 3.05) is 0 Å². The topological polar surface area (TPSA) is 92.2 Å². The van der Waals surface area contributed by atoms with Gasteiger partial charge in [-0.15, -0.1) is 10.2 Å². The number of benzene rings is 1. The summed E-state index contributed by atoms with van der Waals surface area (Å²) in [5.41, 5.74) is 0.987. The van der Waals surface area contributed by atoms with E-state index in [-0.39, 0.29) is 12.5 Å². The minimum Gasteiger partial charge on any atom is -0.481 e. The molecule has 108 valence electrons. The summed E-state index contributed by atoms with van der Waals surface area (Å²) in [6.45, 7) is 0.284. The predicted octanol–water partition coefficient (Wildman–Crippen LogP) is 1.54. The number of nitrogens with zero attached hydrogens (tertiary/aromatic N) is 2. The van der Waals surface area contributed by atoms with Crippen molar-refractivity contribution < 1.29 is 14.7 Å². The third kappa shape index (κ3) is 3.08. The molecular formula is C14H13N3O3S. The summed E-state index contributed by atoms with van der Waals surface area (Å²) in [4.78, 5) is 22.5. The van der Waals surface area contributed by atoms with Crippen molar-refractivity contribution in [3.8, 4) is 10.6 Å².